The highest BCUT2D eigenvalue weighted by Gasteiger charge is 2.15. The van der Waals surface area contributed by atoms with Crippen LogP contribution >= 0.6 is 24.0 Å². The topological polar surface area (TPSA) is 21.3 Å². The van der Waals surface area contributed by atoms with E-state index in [0.717, 1.165) is 25.9 Å². The van der Waals surface area contributed by atoms with E-state index in [-0.39, 0.29) is 24.3 Å². The number of benzene rings is 1. The van der Waals surface area contributed by atoms with Crippen molar-refractivity contribution in [1.29, 1.82) is 0 Å². The minimum atomic E-state index is -0.335. The Labute approximate surface area is 106 Å². The van der Waals surface area contributed by atoms with Crippen LogP contribution in [0, 0.1) is 5.82 Å². The van der Waals surface area contributed by atoms with Gasteiger partial charge in [-0.25, -0.2) is 4.39 Å². The van der Waals surface area contributed by atoms with Crippen molar-refractivity contribution < 1.29 is 9.13 Å². The Bertz CT molecular complexity index is 343. The Hall–Kier alpha value is -0.510. The molecule has 0 bridgehead atoms. The first-order valence-electron chi connectivity index (χ1n) is 5.08. The first-order chi connectivity index (χ1) is 7.25. The summed E-state index contributed by atoms with van der Waals surface area (Å²) in [6, 6.07) is 4.22. The second-order valence-electron chi connectivity index (χ2n) is 3.64. The number of ether oxygens (including phenoxy) is 1. The van der Waals surface area contributed by atoms with Gasteiger partial charge in [-0.2, -0.15) is 0 Å². The fraction of sp³-hybridized carbons (Fsp3) is 0.455. The standard InChI is InChI=1S/C11H13ClFNO.ClH/c12-10-7-8(13)1-2-11(10)15-9-3-5-14-6-4-9;/h1-2,7,9,14H,3-6H2;1H. The third kappa shape index (κ3) is 3.51. The summed E-state index contributed by atoms with van der Waals surface area (Å²) in [5.41, 5.74) is 0. The first kappa shape index (κ1) is 13.6. The molecule has 0 aliphatic carbocycles. The number of piperidine rings is 1. The molecule has 0 saturated carbocycles. The lowest BCUT2D eigenvalue weighted by molar-refractivity contribution is 0.162. The van der Waals surface area contributed by atoms with Gasteiger partial charge in [0.25, 0.3) is 0 Å². The smallest absolute Gasteiger partial charge is 0.138 e. The van der Waals surface area contributed by atoms with E-state index in [4.69, 9.17) is 16.3 Å². The van der Waals surface area contributed by atoms with Crippen LogP contribution in [0.25, 0.3) is 0 Å². The minimum Gasteiger partial charge on any atom is -0.489 e. The van der Waals surface area contributed by atoms with E-state index in [1.165, 1.54) is 12.1 Å². The van der Waals surface area contributed by atoms with Crippen molar-refractivity contribution >= 4 is 24.0 Å². The molecule has 0 unspecified atom stereocenters. The number of hydrogen-bond acceptors (Lipinski definition) is 2. The molecule has 0 amide bonds. The van der Waals surface area contributed by atoms with Gasteiger partial charge in [-0.15, -0.1) is 12.4 Å². The minimum absolute atomic E-state index is 0. The van der Waals surface area contributed by atoms with E-state index in [1.54, 1.807) is 6.07 Å². The molecule has 0 atom stereocenters. The van der Waals surface area contributed by atoms with Crippen LogP contribution in [0.3, 0.4) is 0 Å². The Morgan fingerprint density at radius 1 is 1.31 bits per heavy atom. The lowest BCUT2D eigenvalue weighted by atomic mass is 10.1. The van der Waals surface area contributed by atoms with Gasteiger partial charge in [-0.05, 0) is 44.1 Å². The van der Waals surface area contributed by atoms with Gasteiger partial charge in [0.05, 0.1) is 5.02 Å². The van der Waals surface area contributed by atoms with Crippen molar-refractivity contribution in [3.8, 4) is 5.75 Å². The van der Waals surface area contributed by atoms with E-state index in [9.17, 15) is 4.39 Å². The summed E-state index contributed by atoms with van der Waals surface area (Å²) < 4.78 is 18.5. The third-order valence-corrected chi connectivity index (χ3v) is 2.77. The summed E-state index contributed by atoms with van der Waals surface area (Å²) in [4.78, 5) is 0. The van der Waals surface area contributed by atoms with Crippen molar-refractivity contribution in [2.45, 2.75) is 18.9 Å². The zero-order chi connectivity index (χ0) is 10.7. The van der Waals surface area contributed by atoms with Gasteiger partial charge in [0, 0.05) is 0 Å². The average Bonchev–Trinajstić information content (AvgIpc) is 2.24. The molecule has 2 rings (SSSR count). The third-order valence-electron chi connectivity index (χ3n) is 2.47. The van der Waals surface area contributed by atoms with Crippen LogP contribution in [-0.2, 0) is 0 Å². The van der Waals surface area contributed by atoms with Gasteiger partial charge in [-0.3, -0.25) is 0 Å². The fourth-order valence-electron chi connectivity index (χ4n) is 1.66. The first-order valence-corrected chi connectivity index (χ1v) is 5.46. The number of halogens is 3. The van der Waals surface area contributed by atoms with E-state index < -0.39 is 0 Å². The van der Waals surface area contributed by atoms with Crippen molar-refractivity contribution in [2.75, 3.05) is 13.1 Å². The maximum Gasteiger partial charge on any atom is 0.138 e. The maximum absolute atomic E-state index is 12.8. The molecule has 0 radical (unpaired) electrons. The molecule has 1 aromatic carbocycles. The molecule has 16 heavy (non-hydrogen) atoms. The van der Waals surface area contributed by atoms with Crippen LogP contribution in [-0.4, -0.2) is 19.2 Å². The predicted octanol–water partition coefficient (Wildman–Crippen LogP) is 3.03. The highest BCUT2D eigenvalue weighted by molar-refractivity contribution is 6.32. The SMILES string of the molecule is Cl.Fc1ccc(OC2CCNCC2)c(Cl)c1. The second kappa shape index (κ2) is 6.28. The highest BCUT2D eigenvalue weighted by atomic mass is 35.5. The second-order valence-corrected chi connectivity index (χ2v) is 4.05. The Balaban J connectivity index is 0.00000128. The van der Waals surface area contributed by atoms with Gasteiger partial charge in [0.1, 0.15) is 17.7 Å². The normalized spacial score (nSPS) is 16.6. The largest absolute Gasteiger partial charge is 0.489 e. The van der Waals surface area contributed by atoms with Crippen LogP contribution in [0.4, 0.5) is 4.39 Å². The molecule has 1 aliphatic heterocycles. The fourth-order valence-corrected chi connectivity index (χ4v) is 1.88. The van der Waals surface area contributed by atoms with Gasteiger partial charge in [-0.1, -0.05) is 11.6 Å². The van der Waals surface area contributed by atoms with Crippen LogP contribution in [0.2, 0.25) is 5.02 Å². The molecule has 1 saturated heterocycles. The highest BCUT2D eigenvalue weighted by Crippen LogP contribution is 2.27. The molecule has 0 aromatic heterocycles. The van der Waals surface area contributed by atoms with Crippen LogP contribution in [0.5, 0.6) is 5.75 Å². The average molecular weight is 266 g/mol. The molecule has 1 aliphatic rings. The molecule has 2 nitrogen and oxygen atoms in total. The summed E-state index contributed by atoms with van der Waals surface area (Å²) in [5.74, 6) is 0.239. The molecule has 1 N–H and O–H groups in total. The van der Waals surface area contributed by atoms with Crippen LogP contribution in [0.15, 0.2) is 18.2 Å². The van der Waals surface area contributed by atoms with E-state index >= 15 is 0 Å². The maximum atomic E-state index is 12.8. The Morgan fingerprint density at radius 2 is 2.00 bits per heavy atom. The summed E-state index contributed by atoms with van der Waals surface area (Å²) in [5, 5.41) is 3.59. The van der Waals surface area contributed by atoms with E-state index in [0.29, 0.717) is 10.8 Å². The molecule has 5 heteroatoms. The molecule has 90 valence electrons. The Morgan fingerprint density at radius 3 is 2.62 bits per heavy atom. The number of hydrogen-bond donors (Lipinski definition) is 1. The summed E-state index contributed by atoms with van der Waals surface area (Å²) in [6.07, 6.45) is 2.12. The molecular formula is C11H14Cl2FNO. The van der Waals surface area contributed by atoms with Crippen LogP contribution < -0.4 is 10.1 Å². The van der Waals surface area contributed by atoms with Crippen molar-refractivity contribution in [3.05, 3.63) is 29.0 Å². The monoisotopic (exact) mass is 265 g/mol. The zero-order valence-corrected chi connectivity index (χ0v) is 10.3. The van der Waals surface area contributed by atoms with E-state index in [1.807, 2.05) is 0 Å². The lowest BCUT2D eigenvalue weighted by Crippen LogP contribution is -2.34. The molecule has 1 fully saturated rings. The number of rotatable bonds is 2. The van der Waals surface area contributed by atoms with Crippen molar-refractivity contribution in [3.63, 3.8) is 0 Å². The summed E-state index contributed by atoms with van der Waals surface area (Å²) >= 11 is 5.87. The van der Waals surface area contributed by atoms with Gasteiger partial charge in [0.2, 0.25) is 0 Å². The van der Waals surface area contributed by atoms with E-state index in [2.05, 4.69) is 5.32 Å². The predicted molar refractivity (Wildman–Crippen MR) is 65.2 cm³/mol. The van der Waals surface area contributed by atoms with Crippen LogP contribution in [0.1, 0.15) is 12.8 Å². The molecular weight excluding hydrogens is 252 g/mol. The number of nitrogens with one attached hydrogen (secondary N) is 1. The van der Waals surface area contributed by atoms with Gasteiger partial charge >= 0.3 is 0 Å². The lowest BCUT2D eigenvalue weighted by Gasteiger charge is -2.24. The molecule has 1 aromatic rings. The van der Waals surface area contributed by atoms with Crippen molar-refractivity contribution in [1.82, 2.24) is 5.32 Å². The Kier molecular flexibility index (Phi) is 5.32. The quantitative estimate of drug-likeness (QED) is 0.888. The van der Waals surface area contributed by atoms with Crippen molar-refractivity contribution in [2.24, 2.45) is 0 Å². The summed E-state index contributed by atoms with van der Waals surface area (Å²) in [7, 11) is 0. The molecule has 1 heterocycles. The zero-order valence-electron chi connectivity index (χ0n) is 8.71. The molecule has 0 spiro atoms. The van der Waals surface area contributed by atoms with Gasteiger partial charge < -0.3 is 10.1 Å². The summed E-state index contributed by atoms with van der Waals surface area (Å²) in [6.45, 7) is 1.92. The van der Waals surface area contributed by atoms with Gasteiger partial charge in [0.15, 0.2) is 0 Å².